The molecule has 0 amide bonds. The van der Waals surface area contributed by atoms with Gasteiger partial charge in [-0.3, -0.25) is 4.98 Å². The lowest BCUT2D eigenvalue weighted by atomic mass is 10.2. The maximum Gasteiger partial charge on any atom is 0.142 e. The van der Waals surface area contributed by atoms with E-state index in [2.05, 4.69) is 26.2 Å². The van der Waals surface area contributed by atoms with E-state index in [-0.39, 0.29) is 0 Å². The summed E-state index contributed by atoms with van der Waals surface area (Å²) in [6.45, 7) is 0. The van der Waals surface area contributed by atoms with Crippen LogP contribution < -0.4 is 15.8 Å². The molecule has 0 radical (unpaired) electrons. The van der Waals surface area contributed by atoms with E-state index in [0.29, 0.717) is 5.69 Å². The van der Waals surface area contributed by atoms with E-state index >= 15 is 0 Å². The largest absolute Gasteiger partial charge is 0.495 e. The van der Waals surface area contributed by atoms with Crippen molar-refractivity contribution in [3.8, 4) is 5.75 Å². The van der Waals surface area contributed by atoms with Crippen LogP contribution >= 0.6 is 15.9 Å². The Labute approximate surface area is 108 Å². The highest BCUT2D eigenvalue weighted by atomic mass is 79.9. The van der Waals surface area contributed by atoms with Gasteiger partial charge in [0.1, 0.15) is 5.75 Å². The lowest BCUT2D eigenvalue weighted by molar-refractivity contribution is 0.417. The molecule has 3 N–H and O–H groups in total. The standard InChI is InChI=1S/C12H12BrN3O/c1-17-12-3-2-8(13)6-11(12)16-10-4-5-15-7-9(10)14/h2-7H,14H2,1H3,(H,15,16). The van der Waals surface area contributed by atoms with Crippen molar-refractivity contribution in [2.24, 2.45) is 0 Å². The normalized spacial score (nSPS) is 10.0. The van der Waals surface area contributed by atoms with E-state index in [1.165, 1.54) is 0 Å². The molecule has 4 nitrogen and oxygen atoms in total. The van der Waals surface area contributed by atoms with Gasteiger partial charge in [-0.25, -0.2) is 0 Å². The number of rotatable bonds is 3. The van der Waals surface area contributed by atoms with Crippen molar-refractivity contribution in [1.82, 2.24) is 4.98 Å². The van der Waals surface area contributed by atoms with E-state index in [9.17, 15) is 0 Å². The molecule has 5 heteroatoms. The molecule has 1 heterocycles. The Kier molecular flexibility index (Phi) is 3.49. The molecule has 0 bridgehead atoms. The highest BCUT2D eigenvalue weighted by Gasteiger charge is 2.05. The zero-order chi connectivity index (χ0) is 12.3. The van der Waals surface area contributed by atoms with Crippen molar-refractivity contribution in [3.05, 3.63) is 41.1 Å². The van der Waals surface area contributed by atoms with Crippen LogP contribution in [-0.4, -0.2) is 12.1 Å². The molecule has 17 heavy (non-hydrogen) atoms. The molecule has 0 spiro atoms. The van der Waals surface area contributed by atoms with Crippen molar-refractivity contribution < 1.29 is 4.74 Å². The van der Waals surface area contributed by atoms with Gasteiger partial charge >= 0.3 is 0 Å². The van der Waals surface area contributed by atoms with Gasteiger partial charge in [-0.2, -0.15) is 0 Å². The molecule has 0 aliphatic rings. The van der Waals surface area contributed by atoms with Gasteiger partial charge in [-0.15, -0.1) is 0 Å². The minimum absolute atomic E-state index is 0.592. The van der Waals surface area contributed by atoms with E-state index in [4.69, 9.17) is 10.5 Å². The number of halogens is 1. The van der Waals surface area contributed by atoms with Crippen LogP contribution in [0.2, 0.25) is 0 Å². The van der Waals surface area contributed by atoms with Gasteiger partial charge in [-0.05, 0) is 24.3 Å². The molecule has 0 fully saturated rings. The third-order valence-corrected chi connectivity index (χ3v) is 2.78. The van der Waals surface area contributed by atoms with Crippen LogP contribution in [0.15, 0.2) is 41.1 Å². The number of anilines is 3. The first-order valence-electron chi connectivity index (χ1n) is 5.01. The van der Waals surface area contributed by atoms with Gasteiger partial charge < -0.3 is 15.8 Å². The lowest BCUT2D eigenvalue weighted by Crippen LogP contribution is -1.98. The molecule has 0 saturated carbocycles. The van der Waals surface area contributed by atoms with E-state index in [0.717, 1.165) is 21.6 Å². The molecule has 0 atom stereocenters. The monoisotopic (exact) mass is 293 g/mol. The third-order valence-electron chi connectivity index (χ3n) is 2.28. The Morgan fingerprint density at radius 2 is 2.12 bits per heavy atom. The molecule has 0 unspecified atom stereocenters. The highest BCUT2D eigenvalue weighted by molar-refractivity contribution is 9.10. The first-order valence-corrected chi connectivity index (χ1v) is 5.80. The van der Waals surface area contributed by atoms with Crippen molar-refractivity contribution >= 4 is 33.0 Å². The van der Waals surface area contributed by atoms with Crippen LogP contribution in [0.4, 0.5) is 17.1 Å². The predicted octanol–water partition coefficient (Wildman–Crippen LogP) is 3.18. The first kappa shape index (κ1) is 11.7. The quantitative estimate of drug-likeness (QED) is 0.912. The van der Waals surface area contributed by atoms with E-state index < -0.39 is 0 Å². The van der Waals surface area contributed by atoms with Crippen LogP contribution in [0.5, 0.6) is 5.75 Å². The Morgan fingerprint density at radius 1 is 1.29 bits per heavy atom. The van der Waals surface area contributed by atoms with Gasteiger partial charge in [-0.1, -0.05) is 15.9 Å². The number of aromatic nitrogens is 1. The number of nitrogen functional groups attached to an aromatic ring is 1. The molecule has 1 aromatic heterocycles. The van der Waals surface area contributed by atoms with Crippen LogP contribution in [0, 0.1) is 0 Å². The Morgan fingerprint density at radius 3 is 2.82 bits per heavy atom. The molecule has 1 aromatic carbocycles. The average Bonchev–Trinajstić information content (AvgIpc) is 2.32. The summed E-state index contributed by atoms with van der Waals surface area (Å²) < 4.78 is 6.24. The van der Waals surface area contributed by atoms with Crippen molar-refractivity contribution in [2.75, 3.05) is 18.2 Å². The predicted molar refractivity (Wildman–Crippen MR) is 72.6 cm³/mol. The Hall–Kier alpha value is -1.75. The van der Waals surface area contributed by atoms with Gasteiger partial charge in [0.2, 0.25) is 0 Å². The number of pyridine rings is 1. The average molecular weight is 294 g/mol. The molecule has 2 aromatic rings. The summed E-state index contributed by atoms with van der Waals surface area (Å²) in [4.78, 5) is 3.94. The van der Waals surface area contributed by atoms with Crippen LogP contribution in [0.3, 0.4) is 0 Å². The van der Waals surface area contributed by atoms with E-state index in [1.807, 2.05) is 24.3 Å². The Balaban J connectivity index is 2.35. The fraction of sp³-hybridized carbons (Fsp3) is 0.0833. The SMILES string of the molecule is COc1ccc(Br)cc1Nc1ccncc1N. The summed E-state index contributed by atoms with van der Waals surface area (Å²) in [7, 11) is 1.63. The molecular weight excluding hydrogens is 282 g/mol. The van der Waals surface area contributed by atoms with Crippen molar-refractivity contribution in [3.63, 3.8) is 0 Å². The summed E-state index contributed by atoms with van der Waals surface area (Å²) in [5.74, 6) is 0.754. The fourth-order valence-electron chi connectivity index (χ4n) is 1.44. The summed E-state index contributed by atoms with van der Waals surface area (Å²) in [6.07, 6.45) is 3.29. The maximum absolute atomic E-state index is 5.82. The number of methoxy groups -OCH3 is 1. The number of nitrogens with zero attached hydrogens (tertiary/aromatic N) is 1. The summed E-state index contributed by atoms with van der Waals surface area (Å²) in [5, 5.41) is 3.21. The first-order chi connectivity index (χ1) is 8.20. The number of ether oxygens (including phenoxy) is 1. The maximum atomic E-state index is 5.82. The van der Waals surface area contributed by atoms with Crippen LogP contribution in [0.25, 0.3) is 0 Å². The second-order valence-electron chi connectivity index (χ2n) is 3.43. The van der Waals surface area contributed by atoms with Gasteiger partial charge in [0, 0.05) is 10.7 Å². The minimum Gasteiger partial charge on any atom is -0.495 e. The highest BCUT2D eigenvalue weighted by Crippen LogP contribution is 2.31. The second-order valence-corrected chi connectivity index (χ2v) is 4.35. The van der Waals surface area contributed by atoms with Gasteiger partial charge in [0.05, 0.1) is 30.4 Å². The van der Waals surface area contributed by atoms with Gasteiger partial charge in [0.25, 0.3) is 0 Å². The third kappa shape index (κ3) is 2.68. The second kappa shape index (κ2) is 5.05. The molecule has 0 aliphatic carbocycles. The number of hydrogen-bond acceptors (Lipinski definition) is 4. The smallest absolute Gasteiger partial charge is 0.142 e. The molecule has 88 valence electrons. The minimum atomic E-state index is 0.592. The lowest BCUT2D eigenvalue weighted by Gasteiger charge is -2.12. The number of hydrogen-bond donors (Lipinski definition) is 2. The van der Waals surface area contributed by atoms with Crippen molar-refractivity contribution in [2.45, 2.75) is 0 Å². The number of nitrogens with one attached hydrogen (secondary N) is 1. The van der Waals surface area contributed by atoms with Crippen molar-refractivity contribution in [1.29, 1.82) is 0 Å². The molecule has 2 rings (SSSR count). The summed E-state index contributed by atoms with van der Waals surface area (Å²) >= 11 is 3.42. The Bertz CT molecular complexity index is 531. The zero-order valence-electron chi connectivity index (χ0n) is 9.27. The fourth-order valence-corrected chi connectivity index (χ4v) is 1.80. The topological polar surface area (TPSA) is 60.2 Å². The van der Waals surface area contributed by atoms with Crippen LogP contribution in [0.1, 0.15) is 0 Å². The summed E-state index contributed by atoms with van der Waals surface area (Å²) in [6, 6.07) is 7.54. The molecular formula is C12H12BrN3O. The van der Waals surface area contributed by atoms with E-state index in [1.54, 1.807) is 19.5 Å². The number of nitrogens with two attached hydrogens (primary N) is 1. The zero-order valence-corrected chi connectivity index (χ0v) is 10.9. The van der Waals surface area contributed by atoms with Gasteiger partial charge in [0.15, 0.2) is 0 Å². The number of benzene rings is 1. The molecule has 0 saturated heterocycles. The molecule has 0 aliphatic heterocycles. The van der Waals surface area contributed by atoms with Crippen LogP contribution in [-0.2, 0) is 0 Å². The summed E-state index contributed by atoms with van der Waals surface area (Å²) in [5.41, 5.74) is 8.06.